The number of amides is 2. The Hall–Kier alpha value is -5.70. The molecule has 0 spiro atoms. The summed E-state index contributed by atoms with van der Waals surface area (Å²) in [7, 11) is 3.96. The third kappa shape index (κ3) is 8.85. The average Bonchev–Trinajstić information content (AvgIpc) is 3.15. The fourth-order valence-corrected chi connectivity index (χ4v) is 5.88. The molecule has 0 radical (unpaired) electrons. The predicted molar refractivity (Wildman–Crippen MR) is 193 cm³/mol. The van der Waals surface area contributed by atoms with Gasteiger partial charge in [-0.2, -0.15) is 0 Å². The topological polar surface area (TPSA) is 84.0 Å². The van der Waals surface area contributed by atoms with E-state index >= 15 is 0 Å². The summed E-state index contributed by atoms with van der Waals surface area (Å²) in [4.78, 5) is 34.9. The molecule has 50 heavy (non-hydrogen) atoms. The SMILES string of the molecule is CN(C)c1ccc(CCNC(=O)c2ccc(F)cc2C(=O)N2CCC(Oc3ccc(-c4ccc(COc5ccccc5)cc4)cn3)CC2)cc1. The van der Waals surface area contributed by atoms with Crippen LogP contribution in [0.2, 0.25) is 0 Å². The molecule has 8 nitrogen and oxygen atoms in total. The van der Waals surface area contributed by atoms with E-state index in [1.54, 1.807) is 11.1 Å². The van der Waals surface area contributed by atoms with Crippen molar-refractivity contribution in [2.75, 3.05) is 38.6 Å². The number of rotatable bonds is 12. The van der Waals surface area contributed by atoms with Crippen LogP contribution in [-0.4, -0.2) is 61.5 Å². The van der Waals surface area contributed by atoms with Gasteiger partial charge in [0.25, 0.3) is 11.8 Å². The Labute approximate surface area is 292 Å². The Balaban J connectivity index is 0.985. The number of nitrogens with zero attached hydrogens (tertiary/aromatic N) is 3. The van der Waals surface area contributed by atoms with Crippen LogP contribution in [0.5, 0.6) is 11.6 Å². The molecule has 1 fully saturated rings. The summed E-state index contributed by atoms with van der Waals surface area (Å²) in [5.41, 5.74) is 5.49. The Kier molecular flexibility index (Phi) is 11.0. The summed E-state index contributed by atoms with van der Waals surface area (Å²) >= 11 is 0. The molecule has 4 aromatic carbocycles. The molecule has 0 aliphatic carbocycles. The predicted octanol–water partition coefficient (Wildman–Crippen LogP) is 7.19. The number of piperidine rings is 1. The second-order valence-electron chi connectivity index (χ2n) is 12.5. The number of pyridine rings is 1. The lowest BCUT2D eigenvalue weighted by Crippen LogP contribution is -2.42. The van der Waals surface area contributed by atoms with Crippen LogP contribution in [0.25, 0.3) is 11.1 Å². The first kappa shape index (κ1) is 34.2. The number of benzene rings is 4. The Morgan fingerprint density at radius 2 is 1.54 bits per heavy atom. The lowest BCUT2D eigenvalue weighted by Gasteiger charge is -2.32. The molecule has 1 N–H and O–H groups in total. The Morgan fingerprint density at radius 3 is 2.22 bits per heavy atom. The van der Waals surface area contributed by atoms with Crippen LogP contribution < -0.4 is 19.7 Å². The van der Waals surface area contributed by atoms with E-state index in [9.17, 15) is 14.0 Å². The molecular formula is C41H41FN4O4. The molecule has 0 unspecified atom stereocenters. The van der Waals surface area contributed by atoms with Gasteiger partial charge in [0.1, 0.15) is 24.3 Å². The number of halogens is 1. The van der Waals surface area contributed by atoms with Gasteiger partial charge in [-0.1, -0.05) is 54.6 Å². The number of carbonyl (C=O) groups is 2. The molecule has 1 aromatic heterocycles. The molecular weight excluding hydrogens is 631 g/mol. The van der Waals surface area contributed by atoms with Crippen molar-refractivity contribution in [3.05, 3.63) is 143 Å². The summed E-state index contributed by atoms with van der Waals surface area (Å²) in [5.74, 6) is 0.0191. The highest BCUT2D eigenvalue weighted by atomic mass is 19.1. The van der Waals surface area contributed by atoms with Crippen molar-refractivity contribution in [3.8, 4) is 22.8 Å². The van der Waals surface area contributed by atoms with Gasteiger partial charge in [-0.15, -0.1) is 0 Å². The summed E-state index contributed by atoms with van der Waals surface area (Å²) in [6.45, 7) is 1.72. The van der Waals surface area contributed by atoms with Crippen molar-refractivity contribution in [1.82, 2.24) is 15.2 Å². The standard InChI is InChI=1S/C41H41FN4O4/c1-45(2)34-16-10-29(11-17-34)20-23-43-40(47)37-18-15-33(42)26-38(37)41(48)46-24-21-36(22-25-46)50-39-19-14-32(27-44-39)31-12-8-30(9-13-31)28-49-35-6-4-3-5-7-35/h3-19,26-27,36H,20-25,28H2,1-2H3,(H,43,47). The van der Waals surface area contributed by atoms with Crippen LogP contribution >= 0.6 is 0 Å². The molecule has 1 aliphatic rings. The molecule has 256 valence electrons. The highest BCUT2D eigenvalue weighted by Gasteiger charge is 2.28. The van der Waals surface area contributed by atoms with Crippen molar-refractivity contribution in [2.24, 2.45) is 0 Å². The largest absolute Gasteiger partial charge is 0.489 e. The normalized spacial score (nSPS) is 13.1. The molecule has 1 aliphatic heterocycles. The van der Waals surface area contributed by atoms with E-state index < -0.39 is 11.7 Å². The maximum Gasteiger partial charge on any atom is 0.254 e. The molecule has 0 saturated carbocycles. The monoisotopic (exact) mass is 672 g/mol. The first-order valence-corrected chi connectivity index (χ1v) is 16.9. The average molecular weight is 673 g/mol. The zero-order valence-corrected chi connectivity index (χ0v) is 28.3. The highest BCUT2D eigenvalue weighted by molar-refractivity contribution is 6.07. The number of likely N-dealkylation sites (tertiary alicyclic amines) is 1. The smallest absolute Gasteiger partial charge is 0.254 e. The van der Waals surface area contributed by atoms with Crippen molar-refractivity contribution in [3.63, 3.8) is 0 Å². The molecule has 1 saturated heterocycles. The van der Waals surface area contributed by atoms with Crippen LogP contribution in [0.3, 0.4) is 0 Å². The minimum atomic E-state index is -0.563. The molecule has 0 atom stereocenters. The molecule has 5 aromatic rings. The summed E-state index contributed by atoms with van der Waals surface area (Å²) in [6, 6.07) is 33.6. The van der Waals surface area contributed by atoms with E-state index in [0.717, 1.165) is 39.8 Å². The second kappa shape index (κ2) is 16.1. The lowest BCUT2D eigenvalue weighted by atomic mass is 10.0. The van der Waals surface area contributed by atoms with E-state index in [1.165, 1.54) is 12.1 Å². The number of carbonyl (C=O) groups excluding carboxylic acids is 2. The third-order valence-corrected chi connectivity index (χ3v) is 8.80. The second-order valence-corrected chi connectivity index (χ2v) is 12.5. The van der Waals surface area contributed by atoms with Crippen LogP contribution in [0.15, 0.2) is 115 Å². The fourth-order valence-electron chi connectivity index (χ4n) is 5.88. The number of ether oxygens (including phenoxy) is 2. The zero-order chi connectivity index (χ0) is 34.9. The quantitative estimate of drug-likeness (QED) is 0.151. The van der Waals surface area contributed by atoms with Crippen LogP contribution in [0, 0.1) is 5.82 Å². The van der Waals surface area contributed by atoms with Gasteiger partial charge >= 0.3 is 0 Å². The number of aromatic nitrogens is 1. The van der Waals surface area contributed by atoms with Crippen LogP contribution in [0.4, 0.5) is 10.1 Å². The van der Waals surface area contributed by atoms with E-state index in [4.69, 9.17) is 9.47 Å². The van der Waals surface area contributed by atoms with Gasteiger partial charge in [-0.3, -0.25) is 9.59 Å². The minimum Gasteiger partial charge on any atom is -0.489 e. The van der Waals surface area contributed by atoms with Gasteiger partial charge in [0.05, 0.1) is 11.1 Å². The summed E-state index contributed by atoms with van der Waals surface area (Å²) < 4.78 is 26.3. The van der Waals surface area contributed by atoms with Gasteiger partial charge in [0, 0.05) is 70.1 Å². The lowest BCUT2D eigenvalue weighted by molar-refractivity contribution is 0.0584. The highest BCUT2D eigenvalue weighted by Crippen LogP contribution is 2.25. The van der Waals surface area contributed by atoms with Crippen molar-refractivity contribution in [2.45, 2.75) is 32.0 Å². The van der Waals surface area contributed by atoms with Gasteiger partial charge in [0.15, 0.2) is 0 Å². The van der Waals surface area contributed by atoms with Gasteiger partial charge in [-0.25, -0.2) is 9.37 Å². The third-order valence-electron chi connectivity index (χ3n) is 8.80. The van der Waals surface area contributed by atoms with Crippen molar-refractivity contribution in [1.29, 1.82) is 0 Å². The number of hydrogen-bond donors (Lipinski definition) is 1. The maximum atomic E-state index is 14.3. The van der Waals surface area contributed by atoms with Gasteiger partial charge in [-0.05, 0) is 71.6 Å². The summed E-state index contributed by atoms with van der Waals surface area (Å²) in [6.07, 6.45) is 3.48. The molecule has 6 rings (SSSR count). The Morgan fingerprint density at radius 1 is 0.840 bits per heavy atom. The van der Waals surface area contributed by atoms with E-state index in [0.29, 0.717) is 51.4 Å². The van der Waals surface area contributed by atoms with Crippen LogP contribution in [-0.2, 0) is 13.0 Å². The number of hydrogen-bond acceptors (Lipinski definition) is 6. The molecule has 2 heterocycles. The fraction of sp³-hybridized carbons (Fsp3) is 0.244. The van der Waals surface area contributed by atoms with E-state index in [2.05, 4.69) is 10.3 Å². The first-order valence-electron chi connectivity index (χ1n) is 16.9. The van der Waals surface area contributed by atoms with E-state index in [-0.39, 0.29) is 23.1 Å². The molecule has 0 bridgehead atoms. The zero-order valence-electron chi connectivity index (χ0n) is 28.3. The van der Waals surface area contributed by atoms with E-state index in [1.807, 2.05) is 110 Å². The summed E-state index contributed by atoms with van der Waals surface area (Å²) in [5, 5.41) is 2.89. The molecule has 9 heteroatoms. The number of nitrogens with one attached hydrogen (secondary N) is 1. The molecule has 2 amide bonds. The van der Waals surface area contributed by atoms with Crippen molar-refractivity contribution >= 4 is 17.5 Å². The number of anilines is 1. The minimum absolute atomic E-state index is 0.0613. The first-order chi connectivity index (χ1) is 24.3. The number of para-hydroxylation sites is 1. The van der Waals surface area contributed by atoms with Gasteiger partial charge < -0.3 is 24.6 Å². The van der Waals surface area contributed by atoms with Crippen molar-refractivity contribution < 1.29 is 23.5 Å². The maximum absolute atomic E-state index is 14.3. The Bertz CT molecular complexity index is 1870. The van der Waals surface area contributed by atoms with Crippen LogP contribution in [0.1, 0.15) is 44.7 Å². The van der Waals surface area contributed by atoms with Gasteiger partial charge in [0.2, 0.25) is 5.88 Å².